The topological polar surface area (TPSA) is 61.8 Å². The van der Waals surface area contributed by atoms with Crippen molar-refractivity contribution in [2.75, 3.05) is 36.5 Å². The zero-order chi connectivity index (χ0) is 17.7. The largest absolute Gasteiger partial charge is 0.385 e. The molecule has 132 valence electrons. The van der Waals surface area contributed by atoms with E-state index in [4.69, 9.17) is 4.74 Å². The molecule has 2 aromatic rings. The molecule has 1 saturated heterocycles. The molecule has 0 bridgehead atoms. The lowest BCUT2D eigenvalue weighted by Gasteiger charge is -2.31. The van der Waals surface area contributed by atoms with Crippen LogP contribution in [0.2, 0.25) is 0 Å². The van der Waals surface area contributed by atoms with E-state index in [1.54, 1.807) is 6.92 Å². The first-order chi connectivity index (χ1) is 12.1. The fourth-order valence-corrected chi connectivity index (χ4v) is 3.07. The molecule has 5 heteroatoms. The van der Waals surface area contributed by atoms with Gasteiger partial charge in [0, 0.05) is 13.1 Å². The lowest BCUT2D eigenvalue weighted by molar-refractivity contribution is -0.120. The minimum atomic E-state index is -1.21. The second-order valence-electron chi connectivity index (χ2n) is 6.48. The standard InChI is InChI=1S/C20H24N2O3/c1-20(24,16-7-3-2-4-8-16)15-19(23)21-17-9-5-6-10-18(17)22-11-13-25-14-12-22/h2-10,24H,11-15H2,1H3,(H,21,23)/t20-/m1/s1. The first-order valence-electron chi connectivity index (χ1n) is 8.56. The third-order valence-electron chi connectivity index (χ3n) is 4.43. The Kier molecular flexibility index (Phi) is 5.36. The monoisotopic (exact) mass is 340 g/mol. The van der Waals surface area contributed by atoms with E-state index < -0.39 is 5.60 Å². The van der Waals surface area contributed by atoms with Crippen LogP contribution >= 0.6 is 0 Å². The van der Waals surface area contributed by atoms with Gasteiger partial charge in [-0.15, -0.1) is 0 Å². The van der Waals surface area contributed by atoms with Crippen LogP contribution in [0, 0.1) is 0 Å². The second-order valence-corrected chi connectivity index (χ2v) is 6.48. The van der Waals surface area contributed by atoms with Gasteiger partial charge in [0.1, 0.15) is 0 Å². The third-order valence-corrected chi connectivity index (χ3v) is 4.43. The number of morpholine rings is 1. The van der Waals surface area contributed by atoms with Crippen molar-refractivity contribution in [2.45, 2.75) is 18.9 Å². The van der Waals surface area contributed by atoms with Crippen molar-refractivity contribution >= 4 is 17.3 Å². The number of carbonyl (C=O) groups is 1. The molecule has 0 spiro atoms. The Morgan fingerprint density at radius 2 is 1.76 bits per heavy atom. The number of hydrogen-bond acceptors (Lipinski definition) is 4. The van der Waals surface area contributed by atoms with E-state index in [0.717, 1.165) is 30.0 Å². The number of benzene rings is 2. The molecule has 1 aliphatic rings. The number of anilines is 2. The highest BCUT2D eigenvalue weighted by Crippen LogP contribution is 2.29. The zero-order valence-electron chi connectivity index (χ0n) is 14.4. The van der Waals surface area contributed by atoms with Crippen LogP contribution in [0.25, 0.3) is 0 Å². The molecule has 0 saturated carbocycles. The van der Waals surface area contributed by atoms with Gasteiger partial charge in [0.25, 0.3) is 0 Å². The predicted octanol–water partition coefficient (Wildman–Crippen LogP) is 2.76. The van der Waals surface area contributed by atoms with Crippen LogP contribution in [0.5, 0.6) is 0 Å². The van der Waals surface area contributed by atoms with Crippen molar-refractivity contribution in [1.29, 1.82) is 0 Å². The van der Waals surface area contributed by atoms with Gasteiger partial charge in [-0.25, -0.2) is 0 Å². The molecule has 3 rings (SSSR count). The van der Waals surface area contributed by atoms with Crippen LogP contribution in [0.15, 0.2) is 54.6 Å². The Morgan fingerprint density at radius 3 is 2.48 bits per heavy atom. The second kappa shape index (κ2) is 7.68. The molecular weight excluding hydrogens is 316 g/mol. The van der Waals surface area contributed by atoms with Gasteiger partial charge >= 0.3 is 0 Å². The molecule has 1 fully saturated rings. The van der Waals surface area contributed by atoms with Gasteiger partial charge in [0.2, 0.25) is 5.91 Å². The Balaban J connectivity index is 1.71. The van der Waals surface area contributed by atoms with Crippen molar-refractivity contribution in [3.05, 3.63) is 60.2 Å². The van der Waals surface area contributed by atoms with Crippen molar-refractivity contribution < 1.29 is 14.6 Å². The molecular formula is C20H24N2O3. The number of nitrogens with one attached hydrogen (secondary N) is 1. The molecule has 0 aliphatic carbocycles. The highest BCUT2D eigenvalue weighted by molar-refractivity contribution is 5.95. The van der Waals surface area contributed by atoms with Crippen LogP contribution < -0.4 is 10.2 Å². The fourth-order valence-electron chi connectivity index (χ4n) is 3.07. The molecule has 5 nitrogen and oxygen atoms in total. The maximum Gasteiger partial charge on any atom is 0.227 e. The van der Waals surface area contributed by atoms with E-state index in [2.05, 4.69) is 10.2 Å². The summed E-state index contributed by atoms with van der Waals surface area (Å²) >= 11 is 0. The maximum absolute atomic E-state index is 12.5. The summed E-state index contributed by atoms with van der Waals surface area (Å²) in [6.07, 6.45) is -0.00550. The van der Waals surface area contributed by atoms with E-state index >= 15 is 0 Å². The molecule has 0 unspecified atom stereocenters. The van der Waals surface area contributed by atoms with E-state index in [0.29, 0.717) is 13.2 Å². The summed E-state index contributed by atoms with van der Waals surface area (Å²) in [5.74, 6) is -0.213. The zero-order valence-corrected chi connectivity index (χ0v) is 14.4. The highest BCUT2D eigenvalue weighted by Gasteiger charge is 2.27. The smallest absolute Gasteiger partial charge is 0.227 e. The summed E-state index contributed by atoms with van der Waals surface area (Å²) in [5.41, 5.74) is 1.27. The van der Waals surface area contributed by atoms with Crippen LogP contribution in [0.1, 0.15) is 18.9 Å². The number of ether oxygens (including phenoxy) is 1. The van der Waals surface area contributed by atoms with Gasteiger partial charge in [0.05, 0.1) is 36.6 Å². The Hall–Kier alpha value is -2.37. The van der Waals surface area contributed by atoms with Crippen molar-refractivity contribution in [1.82, 2.24) is 0 Å². The summed E-state index contributed by atoms with van der Waals surface area (Å²) in [6.45, 7) is 4.63. The lowest BCUT2D eigenvalue weighted by atomic mass is 9.92. The summed E-state index contributed by atoms with van der Waals surface area (Å²) in [5, 5.41) is 13.6. The van der Waals surface area contributed by atoms with Crippen LogP contribution in [-0.2, 0) is 15.1 Å². The van der Waals surface area contributed by atoms with E-state index in [1.807, 2.05) is 54.6 Å². The molecule has 0 aromatic heterocycles. The van der Waals surface area contributed by atoms with E-state index in [9.17, 15) is 9.90 Å². The molecule has 1 aliphatic heterocycles. The maximum atomic E-state index is 12.5. The van der Waals surface area contributed by atoms with E-state index in [1.165, 1.54) is 0 Å². The molecule has 1 atom stereocenters. The number of hydrogen-bond donors (Lipinski definition) is 2. The van der Waals surface area contributed by atoms with Gasteiger partial charge in [-0.3, -0.25) is 4.79 Å². The minimum Gasteiger partial charge on any atom is -0.385 e. The average molecular weight is 340 g/mol. The number of nitrogens with zero attached hydrogens (tertiary/aromatic N) is 1. The number of rotatable bonds is 5. The quantitative estimate of drug-likeness (QED) is 0.879. The summed E-state index contributed by atoms with van der Waals surface area (Å²) in [7, 11) is 0. The molecule has 1 amide bonds. The number of para-hydroxylation sites is 2. The molecule has 0 radical (unpaired) electrons. The first-order valence-corrected chi connectivity index (χ1v) is 8.56. The van der Waals surface area contributed by atoms with E-state index in [-0.39, 0.29) is 12.3 Å². The third kappa shape index (κ3) is 4.38. The normalized spacial score (nSPS) is 17.0. The molecule has 25 heavy (non-hydrogen) atoms. The summed E-state index contributed by atoms with van der Waals surface area (Å²) < 4.78 is 5.39. The number of amides is 1. The van der Waals surface area contributed by atoms with Crippen molar-refractivity contribution in [2.24, 2.45) is 0 Å². The summed E-state index contributed by atoms with van der Waals surface area (Å²) in [4.78, 5) is 14.7. The Morgan fingerprint density at radius 1 is 1.12 bits per heavy atom. The van der Waals surface area contributed by atoms with Gasteiger partial charge in [-0.2, -0.15) is 0 Å². The molecule has 2 N–H and O–H groups in total. The Labute approximate surface area is 148 Å². The highest BCUT2D eigenvalue weighted by atomic mass is 16.5. The van der Waals surface area contributed by atoms with Gasteiger partial charge in [-0.1, -0.05) is 42.5 Å². The molecule has 2 aromatic carbocycles. The van der Waals surface area contributed by atoms with Gasteiger partial charge in [-0.05, 0) is 24.6 Å². The van der Waals surface area contributed by atoms with Crippen LogP contribution in [-0.4, -0.2) is 37.3 Å². The van der Waals surface area contributed by atoms with Gasteiger partial charge in [0.15, 0.2) is 0 Å². The van der Waals surface area contributed by atoms with Crippen LogP contribution in [0.3, 0.4) is 0 Å². The SMILES string of the molecule is C[C@@](O)(CC(=O)Nc1ccccc1N1CCOCC1)c1ccccc1. The number of aliphatic hydroxyl groups is 1. The van der Waals surface area contributed by atoms with Crippen molar-refractivity contribution in [3.63, 3.8) is 0 Å². The first kappa shape index (κ1) is 17.5. The van der Waals surface area contributed by atoms with Crippen LogP contribution in [0.4, 0.5) is 11.4 Å². The Bertz CT molecular complexity index is 710. The molecule has 1 heterocycles. The lowest BCUT2D eigenvalue weighted by Crippen LogP contribution is -2.37. The minimum absolute atomic E-state index is 0.00550. The predicted molar refractivity (Wildman–Crippen MR) is 98.7 cm³/mol. The van der Waals surface area contributed by atoms with Crippen molar-refractivity contribution in [3.8, 4) is 0 Å². The van der Waals surface area contributed by atoms with Gasteiger partial charge < -0.3 is 20.1 Å². The fraction of sp³-hybridized carbons (Fsp3) is 0.350. The summed E-state index contributed by atoms with van der Waals surface area (Å²) in [6, 6.07) is 17.0. The number of carbonyl (C=O) groups excluding carboxylic acids is 1. The average Bonchev–Trinajstić information content (AvgIpc) is 2.63.